The van der Waals surface area contributed by atoms with E-state index in [0.29, 0.717) is 22.0 Å². The normalized spacial score (nSPS) is 15.7. The first-order chi connectivity index (χ1) is 14.8. The van der Waals surface area contributed by atoms with E-state index in [9.17, 15) is 18.8 Å². The Morgan fingerprint density at radius 2 is 1.97 bits per heavy atom. The number of benzene rings is 2. The van der Waals surface area contributed by atoms with E-state index >= 15 is 0 Å². The number of nitrogens with zero attached hydrogens (tertiary/aromatic N) is 1. The summed E-state index contributed by atoms with van der Waals surface area (Å²) in [6.45, 7) is 3.44. The lowest BCUT2D eigenvalue weighted by Gasteiger charge is -2.14. The summed E-state index contributed by atoms with van der Waals surface area (Å²) in [7, 11) is 0. The standard InChI is InChI=1S/C22H21ClFN3O4/c1-3-13(2)31-19-9-4-14(10-17(19)23)11-18-21(29)27(22(30)26-18)12-20(28)25-16-7-5-15(24)6-8-16/h4-11,13H,3,12H2,1-2H3,(H,25,28)(H,26,30)/b18-11-/t13-/m1/s1. The van der Waals surface area contributed by atoms with Crippen LogP contribution in [0.4, 0.5) is 14.9 Å². The van der Waals surface area contributed by atoms with E-state index in [2.05, 4.69) is 10.6 Å². The molecule has 0 radical (unpaired) electrons. The molecule has 0 spiro atoms. The Hall–Kier alpha value is -3.39. The van der Waals surface area contributed by atoms with Gasteiger partial charge < -0.3 is 15.4 Å². The zero-order valence-corrected chi connectivity index (χ0v) is 17.7. The van der Waals surface area contributed by atoms with Crippen LogP contribution in [-0.2, 0) is 9.59 Å². The predicted molar refractivity (Wildman–Crippen MR) is 115 cm³/mol. The summed E-state index contributed by atoms with van der Waals surface area (Å²) in [5.74, 6) is -1.15. The van der Waals surface area contributed by atoms with E-state index < -0.39 is 30.2 Å². The van der Waals surface area contributed by atoms with Crippen LogP contribution < -0.4 is 15.4 Å². The molecule has 162 valence electrons. The van der Waals surface area contributed by atoms with Crippen LogP contribution in [0.2, 0.25) is 5.02 Å². The fourth-order valence-electron chi connectivity index (χ4n) is 2.76. The van der Waals surface area contributed by atoms with Crippen molar-refractivity contribution < 1.29 is 23.5 Å². The molecule has 1 aliphatic rings. The molecule has 3 rings (SSSR count). The van der Waals surface area contributed by atoms with Crippen molar-refractivity contribution >= 4 is 41.2 Å². The number of carbonyl (C=O) groups excluding carboxylic acids is 3. The molecule has 2 aromatic rings. The highest BCUT2D eigenvalue weighted by Crippen LogP contribution is 2.28. The Morgan fingerprint density at radius 3 is 2.61 bits per heavy atom. The summed E-state index contributed by atoms with van der Waals surface area (Å²) in [6, 6.07) is 9.44. The van der Waals surface area contributed by atoms with Crippen molar-refractivity contribution in [1.29, 1.82) is 0 Å². The molecule has 2 aromatic carbocycles. The van der Waals surface area contributed by atoms with Crippen LogP contribution >= 0.6 is 11.6 Å². The number of ether oxygens (including phenoxy) is 1. The van der Waals surface area contributed by atoms with Gasteiger partial charge in [0.2, 0.25) is 5.91 Å². The Balaban J connectivity index is 1.67. The average Bonchev–Trinajstić information content (AvgIpc) is 2.99. The molecule has 4 amide bonds. The second kappa shape index (κ2) is 9.61. The lowest BCUT2D eigenvalue weighted by molar-refractivity contribution is -0.127. The molecule has 1 saturated heterocycles. The number of nitrogens with one attached hydrogen (secondary N) is 2. The Labute approximate surface area is 183 Å². The second-order valence-corrected chi connectivity index (χ2v) is 7.37. The summed E-state index contributed by atoms with van der Waals surface area (Å²) in [5, 5.41) is 5.33. The van der Waals surface area contributed by atoms with Gasteiger partial charge in [0.15, 0.2) is 0 Å². The van der Waals surface area contributed by atoms with Gasteiger partial charge in [-0.05, 0) is 61.4 Å². The Morgan fingerprint density at radius 1 is 1.26 bits per heavy atom. The summed E-state index contributed by atoms with van der Waals surface area (Å²) in [6.07, 6.45) is 2.30. The summed E-state index contributed by atoms with van der Waals surface area (Å²) >= 11 is 6.25. The molecular formula is C22H21ClFN3O4. The monoisotopic (exact) mass is 445 g/mol. The number of imide groups is 1. The lowest BCUT2D eigenvalue weighted by atomic mass is 10.1. The van der Waals surface area contributed by atoms with Crippen molar-refractivity contribution in [3.8, 4) is 5.75 Å². The van der Waals surface area contributed by atoms with Crippen molar-refractivity contribution in [2.75, 3.05) is 11.9 Å². The largest absolute Gasteiger partial charge is 0.489 e. The number of carbonyl (C=O) groups is 3. The highest BCUT2D eigenvalue weighted by atomic mass is 35.5. The van der Waals surface area contributed by atoms with Crippen molar-refractivity contribution in [2.24, 2.45) is 0 Å². The van der Waals surface area contributed by atoms with Gasteiger partial charge in [0.1, 0.15) is 23.8 Å². The smallest absolute Gasteiger partial charge is 0.329 e. The lowest BCUT2D eigenvalue weighted by Crippen LogP contribution is -2.38. The van der Waals surface area contributed by atoms with Gasteiger partial charge in [-0.3, -0.25) is 9.59 Å². The molecule has 7 nitrogen and oxygen atoms in total. The number of hydrogen-bond acceptors (Lipinski definition) is 4. The average molecular weight is 446 g/mol. The predicted octanol–water partition coefficient (Wildman–Crippen LogP) is 4.19. The molecular weight excluding hydrogens is 425 g/mol. The maximum Gasteiger partial charge on any atom is 0.329 e. The molecule has 0 saturated carbocycles. The number of urea groups is 1. The molecule has 0 unspecified atom stereocenters. The highest BCUT2D eigenvalue weighted by molar-refractivity contribution is 6.32. The zero-order chi connectivity index (χ0) is 22.5. The van der Waals surface area contributed by atoms with Gasteiger partial charge >= 0.3 is 6.03 Å². The van der Waals surface area contributed by atoms with Gasteiger partial charge in [-0.1, -0.05) is 24.6 Å². The number of halogens is 2. The van der Waals surface area contributed by atoms with E-state index in [1.54, 1.807) is 18.2 Å². The van der Waals surface area contributed by atoms with Crippen LogP contribution in [0, 0.1) is 5.82 Å². The van der Waals surface area contributed by atoms with Crippen LogP contribution in [0.25, 0.3) is 6.08 Å². The first-order valence-electron chi connectivity index (χ1n) is 9.63. The van der Waals surface area contributed by atoms with Crippen molar-refractivity contribution in [3.63, 3.8) is 0 Å². The fourth-order valence-corrected chi connectivity index (χ4v) is 3.00. The first kappa shape index (κ1) is 22.3. The third-order valence-corrected chi connectivity index (χ3v) is 4.86. The summed E-state index contributed by atoms with van der Waals surface area (Å²) < 4.78 is 18.7. The number of anilines is 1. The van der Waals surface area contributed by atoms with Gasteiger partial charge in [-0.15, -0.1) is 0 Å². The topological polar surface area (TPSA) is 87.7 Å². The van der Waals surface area contributed by atoms with Gasteiger partial charge in [0.25, 0.3) is 5.91 Å². The minimum Gasteiger partial charge on any atom is -0.489 e. The SMILES string of the molecule is CC[C@@H](C)Oc1ccc(/C=C2\NC(=O)N(CC(=O)Nc3ccc(F)cc3)C2=O)cc1Cl. The third kappa shape index (κ3) is 5.61. The highest BCUT2D eigenvalue weighted by Gasteiger charge is 2.34. The van der Waals surface area contributed by atoms with E-state index in [4.69, 9.17) is 16.3 Å². The Bertz CT molecular complexity index is 1040. The van der Waals surface area contributed by atoms with Crippen LogP contribution in [0.5, 0.6) is 5.75 Å². The maximum absolute atomic E-state index is 13.0. The van der Waals surface area contributed by atoms with Crippen molar-refractivity contribution in [2.45, 2.75) is 26.4 Å². The molecule has 1 aliphatic heterocycles. The van der Waals surface area contributed by atoms with E-state index in [1.807, 2.05) is 13.8 Å². The van der Waals surface area contributed by atoms with Gasteiger partial charge in [-0.2, -0.15) is 0 Å². The quantitative estimate of drug-likeness (QED) is 0.494. The summed E-state index contributed by atoms with van der Waals surface area (Å²) in [5.41, 5.74) is 0.956. The fraction of sp³-hybridized carbons (Fsp3) is 0.227. The first-order valence-corrected chi connectivity index (χ1v) is 10.0. The van der Waals surface area contributed by atoms with E-state index in [1.165, 1.54) is 30.3 Å². The molecule has 0 aromatic heterocycles. The number of hydrogen-bond donors (Lipinski definition) is 2. The van der Waals surface area contributed by atoms with Crippen molar-refractivity contribution in [3.05, 3.63) is 64.6 Å². The molecule has 1 fully saturated rings. The van der Waals surface area contributed by atoms with Crippen LogP contribution in [0.15, 0.2) is 48.2 Å². The maximum atomic E-state index is 13.0. The van der Waals surface area contributed by atoms with Gasteiger partial charge in [-0.25, -0.2) is 14.1 Å². The molecule has 9 heteroatoms. The van der Waals surface area contributed by atoms with Crippen LogP contribution in [-0.4, -0.2) is 35.4 Å². The van der Waals surface area contributed by atoms with E-state index in [0.717, 1.165) is 11.3 Å². The second-order valence-electron chi connectivity index (χ2n) is 6.96. The third-order valence-electron chi connectivity index (χ3n) is 4.56. The Kier molecular flexibility index (Phi) is 6.91. The minimum absolute atomic E-state index is 0.00650. The van der Waals surface area contributed by atoms with Crippen LogP contribution in [0.1, 0.15) is 25.8 Å². The molecule has 1 heterocycles. The molecule has 31 heavy (non-hydrogen) atoms. The van der Waals surface area contributed by atoms with E-state index in [-0.39, 0.29) is 11.8 Å². The summed E-state index contributed by atoms with van der Waals surface area (Å²) in [4.78, 5) is 37.7. The van der Waals surface area contributed by atoms with Gasteiger partial charge in [0, 0.05) is 5.69 Å². The molecule has 0 aliphatic carbocycles. The zero-order valence-electron chi connectivity index (χ0n) is 16.9. The van der Waals surface area contributed by atoms with Gasteiger partial charge in [0.05, 0.1) is 11.1 Å². The van der Waals surface area contributed by atoms with Crippen LogP contribution in [0.3, 0.4) is 0 Å². The molecule has 0 bridgehead atoms. The number of rotatable bonds is 7. The molecule has 2 N–H and O–H groups in total. The van der Waals surface area contributed by atoms with Crippen molar-refractivity contribution in [1.82, 2.24) is 10.2 Å². The number of amides is 4. The molecule has 1 atom stereocenters. The minimum atomic E-state index is -0.715.